The highest BCUT2D eigenvalue weighted by Crippen LogP contribution is 2.44. The van der Waals surface area contributed by atoms with Crippen molar-refractivity contribution in [3.05, 3.63) is 18.0 Å². The number of aryl methyl sites for hydroxylation is 1. The molecule has 2 aliphatic rings. The van der Waals surface area contributed by atoms with Gasteiger partial charge in [-0.15, -0.1) is 0 Å². The average molecular weight is 293 g/mol. The van der Waals surface area contributed by atoms with E-state index in [1.54, 1.807) is 6.20 Å². The summed E-state index contributed by atoms with van der Waals surface area (Å²) in [7, 11) is 0. The van der Waals surface area contributed by atoms with Crippen molar-refractivity contribution < 1.29 is 9.90 Å². The van der Waals surface area contributed by atoms with Crippen molar-refractivity contribution >= 4 is 17.7 Å². The van der Waals surface area contributed by atoms with Crippen LogP contribution in [0.25, 0.3) is 0 Å². The molecule has 1 atom stereocenters. The fourth-order valence-electron chi connectivity index (χ4n) is 2.42. The summed E-state index contributed by atoms with van der Waals surface area (Å²) in [5.74, 6) is 0.0115. The molecule has 2 aliphatic carbocycles. The maximum absolute atomic E-state index is 11.8. The molecule has 0 amide bonds. The quantitative estimate of drug-likeness (QED) is 0.590. The third kappa shape index (κ3) is 2.96. The third-order valence-electron chi connectivity index (χ3n) is 3.90. The largest absolute Gasteiger partial charge is 0.480 e. The fourth-order valence-corrected chi connectivity index (χ4v) is 3.56. The highest BCUT2D eigenvalue weighted by molar-refractivity contribution is 7.99. The molecule has 0 bridgehead atoms. The van der Waals surface area contributed by atoms with Crippen molar-refractivity contribution in [1.29, 1.82) is 0 Å². The average Bonchev–Trinajstić information content (AvgIpc) is 3.26. The van der Waals surface area contributed by atoms with Gasteiger partial charge in [0.15, 0.2) is 5.16 Å². The summed E-state index contributed by atoms with van der Waals surface area (Å²) in [6.45, 7) is 1.92. The Labute approximate surface area is 122 Å². The molecule has 5 nitrogen and oxygen atoms in total. The number of hydrogen-bond donors (Lipinski definition) is 2. The van der Waals surface area contributed by atoms with Gasteiger partial charge in [-0.05, 0) is 44.6 Å². The molecule has 20 heavy (non-hydrogen) atoms. The van der Waals surface area contributed by atoms with E-state index in [9.17, 15) is 9.90 Å². The molecular weight excluding hydrogens is 274 g/mol. The number of thioether (sulfide) groups is 1. The smallest absolute Gasteiger partial charge is 0.325 e. The monoisotopic (exact) mass is 293 g/mol. The molecule has 1 aromatic heterocycles. The third-order valence-corrected chi connectivity index (χ3v) is 4.95. The van der Waals surface area contributed by atoms with Crippen molar-refractivity contribution in [2.45, 2.75) is 49.3 Å². The van der Waals surface area contributed by atoms with Gasteiger partial charge in [-0.2, -0.15) is 0 Å². The first kappa shape index (κ1) is 13.8. The van der Waals surface area contributed by atoms with Gasteiger partial charge in [0, 0.05) is 23.7 Å². The molecule has 0 spiro atoms. The fraction of sp³-hybridized carbons (Fsp3) is 0.643. The minimum Gasteiger partial charge on any atom is -0.480 e. The summed E-state index contributed by atoms with van der Waals surface area (Å²) in [6.07, 6.45) is 5.90. The zero-order valence-electron chi connectivity index (χ0n) is 11.5. The van der Waals surface area contributed by atoms with E-state index in [0.717, 1.165) is 31.4 Å². The number of nitrogens with one attached hydrogen (secondary N) is 1. The van der Waals surface area contributed by atoms with Gasteiger partial charge in [-0.3, -0.25) is 10.1 Å². The number of hydrogen-bond acceptors (Lipinski definition) is 5. The zero-order valence-corrected chi connectivity index (χ0v) is 12.3. The first-order valence-electron chi connectivity index (χ1n) is 7.04. The molecule has 1 heterocycles. The van der Waals surface area contributed by atoms with Crippen molar-refractivity contribution in [2.75, 3.05) is 5.75 Å². The molecule has 2 saturated carbocycles. The number of carbonyl (C=O) groups is 1. The van der Waals surface area contributed by atoms with E-state index in [-0.39, 0.29) is 5.92 Å². The molecule has 1 aromatic rings. The van der Waals surface area contributed by atoms with Crippen LogP contribution in [0.3, 0.4) is 0 Å². The van der Waals surface area contributed by atoms with E-state index < -0.39 is 11.5 Å². The van der Waals surface area contributed by atoms with Gasteiger partial charge in [-0.25, -0.2) is 9.97 Å². The van der Waals surface area contributed by atoms with Crippen molar-refractivity contribution in [3.8, 4) is 0 Å². The van der Waals surface area contributed by atoms with Crippen LogP contribution >= 0.6 is 11.8 Å². The van der Waals surface area contributed by atoms with Crippen LogP contribution in [-0.2, 0) is 4.79 Å². The molecule has 1 unspecified atom stereocenters. The second kappa shape index (κ2) is 5.33. The lowest BCUT2D eigenvalue weighted by Crippen LogP contribution is -2.57. The molecule has 108 valence electrons. The lowest BCUT2D eigenvalue weighted by molar-refractivity contribution is -0.145. The Kier molecular flexibility index (Phi) is 3.69. The number of nitrogens with zero attached hydrogens (tertiary/aromatic N) is 2. The summed E-state index contributed by atoms with van der Waals surface area (Å²) < 4.78 is 0. The van der Waals surface area contributed by atoms with Crippen LogP contribution in [0, 0.1) is 12.8 Å². The summed E-state index contributed by atoms with van der Waals surface area (Å²) >= 11 is 1.44. The predicted molar refractivity (Wildman–Crippen MR) is 76.7 cm³/mol. The van der Waals surface area contributed by atoms with Crippen LogP contribution < -0.4 is 5.32 Å². The summed E-state index contributed by atoms with van der Waals surface area (Å²) in [4.78, 5) is 20.4. The van der Waals surface area contributed by atoms with E-state index in [0.29, 0.717) is 17.0 Å². The van der Waals surface area contributed by atoms with Crippen molar-refractivity contribution in [3.63, 3.8) is 0 Å². The SMILES string of the molecule is Cc1ccnc(SCC(NC2CC2)(C(=O)O)C2CC2)n1. The van der Waals surface area contributed by atoms with Crippen LogP contribution in [0.5, 0.6) is 0 Å². The number of carboxylic acid groups (broad SMARTS) is 1. The molecule has 0 aromatic carbocycles. The topological polar surface area (TPSA) is 75.1 Å². The summed E-state index contributed by atoms with van der Waals surface area (Å²) in [6, 6.07) is 2.23. The molecular formula is C14H19N3O2S. The first-order chi connectivity index (χ1) is 9.60. The Hall–Kier alpha value is -1.14. The van der Waals surface area contributed by atoms with Crippen molar-refractivity contribution in [1.82, 2.24) is 15.3 Å². The number of rotatable bonds is 7. The predicted octanol–water partition coefficient (Wildman–Crippen LogP) is 1.86. The zero-order chi connectivity index (χ0) is 14.2. The Morgan fingerprint density at radius 1 is 1.50 bits per heavy atom. The minimum atomic E-state index is -0.807. The number of aromatic nitrogens is 2. The minimum absolute atomic E-state index is 0.248. The molecule has 0 aliphatic heterocycles. The molecule has 3 rings (SSSR count). The van der Waals surface area contributed by atoms with Gasteiger partial charge in [0.05, 0.1) is 0 Å². The second-order valence-electron chi connectivity index (χ2n) is 5.74. The Morgan fingerprint density at radius 3 is 2.80 bits per heavy atom. The second-order valence-corrected chi connectivity index (χ2v) is 6.68. The normalized spacial score (nSPS) is 21.4. The van der Waals surface area contributed by atoms with Gasteiger partial charge in [0.25, 0.3) is 0 Å². The van der Waals surface area contributed by atoms with Crippen LogP contribution in [0.1, 0.15) is 31.4 Å². The van der Waals surface area contributed by atoms with Crippen LogP contribution in [-0.4, -0.2) is 38.4 Å². The first-order valence-corrected chi connectivity index (χ1v) is 8.02. The Bertz CT molecular complexity index is 517. The van der Waals surface area contributed by atoms with E-state index in [1.165, 1.54) is 11.8 Å². The lowest BCUT2D eigenvalue weighted by Gasteiger charge is -2.30. The van der Waals surface area contributed by atoms with E-state index in [1.807, 2.05) is 13.0 Å². The van der Waals surface area contributed by atoms with Gasteiger partial charge < -0.3 is 5.11 Å². The summed E-state index contributed by atoms with van der Waals surface area (Å²) in [5, 5.41) is 13.8. The van der Waals surface area contributed by atoms with Gasteiger partial charge in [0.2, 0.25) is 0 Å². The van der Waals surface area contributed by atoms with Crippen LogP contribution in [0.4, 0.5) is 0 Å². The van der Waals surface area contributed by atoms with Crippen LogP contribution in [0.2, 0.25) is 0 Å². The van der Waals surface area contributed by atoms with E-state index in [4.69, 9.17) is 0 Å². The van der Waals surface area contributed by atoms with Gasteiger partial charge >= 0.3 is 5.97 Å². The van der Waals surface area contributed by atoms with Gasteiger partial charge in [0.1, 0.15) is 5.54 Å². The number of aliphatic carboxylic acids is 1. The Morgan fingerprint density at radius 2 is 2.25 bits per heavy atom. The van der Waals surface area contributed by atoms with Crippen molar-refractivity contribution in [2.24, 2.45) is 5.92 Å². The van der Waals surface area contributed by atoms with E-state index >= 15 is 0 Å². The maximum atomic E-state index is 11.8. The van der Waals surface area contributed by atoms with E-state index in [2.05, 4.69) is 15.3 Å². The number of carboxylic acids is 1. The Balaban J connectivity index is 1.73. The van der Waals surface area contributed by atoms with Gasteiger partial charge in [-0.1, -0.05) is 11.8 Å². The standard InChI is InChI=1S/C14H19N3O2S/c1-9-6-7-15-13(16-9)20-8-14(12(18)19,10-2-3-10)17-11-4-5-11/h6-7,10-11,17H,2-5,8H2,1H3,(H,18,19). The molecule has 2 N–H and O–H groups in total. The molecule has 0 saturated heterocycles. The summed E-state index contributed by atoms with van der Waals surface area (Å²) in [5.41, 5.74) is 0.101. The highest BCUT2D eigenvalue weighted by Gasteiger charge is 2.53. The highest BCUT2D eigenvalue weighted by atomic mass is 32.2. The molecule has 2 fully saturated rings. The maximum Gasteiger partial charge on any atom is 0.325 e. The molecule has 6 heteroatoms. The van der Waals surface area contributed by atoms with Crippen LogP contribution in [0.15, 0.2) is 17.4 Å². The lowest BCUT2D eigenvalue weighted by atomic mass is 9.95. The molecule has 0 radical (unpaired) electrons.